The average Bonchev–Trinajstić information content (AvgIpc) is 2.58. The van der Waals surface area contributed by atoms with E-state index in [0.717, 1.165) is 10.7 Å². The van der Waals surface area contributed by atoms with E-state index in [1.54, 1.807) is 6.92 Å². The number of aromatic nitrogens is 2. The van der Waals surface area contributed by atoms with Gasteiger partial charge in [-0.1, -0.05) is 6.07 Å². The molecule has 0 bridgehead atoms. The maximum absolute atomic E-state index is 13.8. The predicted octanol–water partition coefficient (Wildman–Crippen LogP) is 2.12. The Morgan fingerprint density at radius 3 is 2.40 bits per heavy atom. The molecule has 2 rings (SSSR count). The van der Waals surface area contributed by atoms with Crippen LogP contribution in [0.2, 0.25) is 0 Å². The van der Waals surface area contributed by atoms with Crippen molar-refractivity contribution < 1.29 is 17.2 Å². The van der Waals surface area contributed by atoms with Crippen molar-refractivity contribution in [3.05, 3.63) is 41.2 Å². The summed E-state index contributed by atoms with van der Waals surface area (Å²) in [6, 6.07) is 3.87. The molecule has 108 valence electrons. The van der Waals surface area contributed by atoms with Gasteiger partial charge in [0.2, 0.25) is 5.95 Å². The second kappa shape index (κ2) is 4.86. The number of hydrogen-bond donors (Lipinski definition) is 1. The Hall–Kier alpha value is -1.96. The van der Waals surface area contributed by atoms with Crippen molar-refractivity contribution >= 4 is 15.7 Å². The zero-order valence-electron chi connectivity index (χ0n) is 11.1. The number of rotatable bonds is 3. The Morgan fingerprint density at radius 2 is 1.90 bits per heavy atom. The highest BCUT2D eigenvalue weighted by atomic mass is 32.2. The molecule has 0 unspecified atom stereocenters. The van der Waals surface area contributed by atoms with E-state index < -0.39 is 26.7 Å². The van der Waals surface area contributed by atoms with Crippen LogP contribution in [0.4, 0.5) is 14.5 Å². The van der Waals surface area contributed by atoms with Gasteiger partial charge in [0.25, 0.3) is 10.0 Å². The Morgan fingerprint density at radius 1 is 1.25 bits per heavy atom. The van der Waals surface area contributed by atoms with E-state index >= 15 is 0 Å². The Kier molecular flexibility index (Phi) is 3.51. The lowest BCUT2D eigenvalue weighted by atomic mass is 10.2. The molecule has 0 radical (unpaired) electrons. The average molecular weight is 301 g/mol. The molecule has 0 spiro atoms. The van der Waals surface area contributed by atoms with Crippen molar-refractivity contribution in [3.63, 3.8) is 0 Å². The van der Waals surface area contributed by atoms with E-state index in [1.807, 2.05) is 0 Å². The molecule has 1 N–H and O–H groups in total. The van der Waals surface area contributed by atoms with Crippen LogP contribution in [0, 0.1) is 25.6 Å². The van der Waals surface area contributed by atoms with Crippen LogP contribution in [0.25, 0.3) is 0 Å². The fraction of sp³-hybridized carbons (Fsp3) is 0.250. The quantitative estimate of drug-likeness (QED) is 0.944. The molecular weight excluding hydrogens is 288 g/mol. The maximum atomic E-state index is 13.8. The molecule has 0 atom stereocenters. The molecule has 0 saturated carbocycles. The number of anilines is 1. The lowest BCUT2D eigenvalue weighted by molar-refractivity contribution is 0.483. The highest BCUT2D eigenvalue weighted by Gasteiger charge is 2.26. The van der Waals surface area contributed by atoms with Crippen molar-refractivity contribution in [1.82, 2.24) is 9.78 Å². The SMILES string of the molecule is Cc1ccc(NS(=O)(=O)c2c(C)nn(C)c2F)cc1F. The fourth-order valence-electron chi connectivity index (χ4n) is 1.78. The van der Waals surface area contributed by atoms with Gasteiger partial charge in [-0.2, -0.15) is 9.49 Å². The molecule has 8 heteroatoms. The first-order chi connectivity index (χ1) is 9.22. The predicted molar refractivity (Wildman–Crippen MR) is 69.8 cm³/mol. The summed E-state index contributed by atoms with van der Waals surface area (Å²) < 4.78 is 54.4. The van der Waals surface area contributed by atoms with Gasteiger partial charge in [-0.15, -0.1) is 0 Å². The van der Waals surface area contributed by atoms with Gasteiger partial charge in [-0.05, 0) is 31.5 Å². The number of nitrogens with one attached hydrogen (secondary N) is 1. The molecule has 0 fully saturated rings. The van der Waals surface area contributed by atoms with Gasteiger partial charge in [0.05, 0.1) is 11.4 Å². The maximum Gasteiger partial charge on any atom is 0.268 e. The van der Waals surface area contributed by atoms with Crippen LogP contribution in [0.3, 0.4) is 0 Å². The van der Waals surface area contributed by atoms with Gasteiger partial charge in [0, 0.05) is 7.05 Å². The van der Waals surface area contributed by atoms with Gasteiger partial charge < -0.3 is 0 Å². The zero-order valence-corrected chi connectivity index (χ0v) is 11.9. The van der Waals surface area contributed by atoms with E-state index in [9.17, 15) is 17.2 Å². The third kappa shape index (κ3) is 2.51. The summed E-state index contributed by atoms with van der Waals surface area (Å²) >= 11 is 0. The Bertz CT molecular complexity index is 769. The van der Waals surface area contributed by atoms with Crippen molar-refractivity contribution in [2.45, 2.75) is 18.7 Å². The van der Waals surface area contributed by atoms with Gasteiger partial charge in [0.1, 0.15) is 5.82 Å². The second-order valence-corrected chi connectivity index (χ2v) is 6.02. The zero-order chi connectivity index (χ0) is 15.1. The van der Waals surface area contributed by atoms with Crippen molar-refractivity contribution in [2.24, 2.45) is 7.05 Å². The standard InChI is InChI=1S/C12H13F2N3O2S/c1-7-4-5-9(6-10(7)13)16-20(18,19)11-8(2)15-17(3)12(11)14/h4-6,16H,1-3H3. The summed E-state index contributed by atoms with van der Waals surface area (Å²) in [7, 11) is -2.86. The third-order valence-corrected chi connectivity index (χ3v) is 4.30. The van der Waals surface area contributed by atoms with Crippen LogP contribution in [0.5, 0.6) is 0 Å². The summed E-state index contributed by atoms with van der Waals surface area (Å²) in [6.07, 6.45) is 0. The van der Waals surface area contributed by atoms with E-state index in [-0.39, 0.29) is 11.4 Å². The lowest BCUT2D eigenvalue weighted by Gasteiger charge is -2.08. The molecule has 0 amide bonds. The highest BCUT2D eigenvalue weighted by Crippen LogP contribution is 2.22. The summed E-state index contributed by atoms with van der Waals surface area (Å²) in [6.45, 7) is 2.94. The van der Waals surface area contributed by atoms with Gasteiger partial charge >= 0.3 is 0 Å². The number of sulfonamides is 1. The van der Waals surface area contributed by atoms with E-state index in [2.05, 4.69) is 9.82 Å². The van der Waals surface area contributed by atoms with Crippen LogP contribution in [0.1, 0.15) is 11.3 Å². The number of nitrogens with zero attached hydrogens (tertiary/aromatic N) is 2. The molecule has 0 saturated heterocycles. The van der Waals surface area contributed by atoms with E-state index in [1.165, 1.54) is 26.1 Å². The molecule has 5 nitrogen and oxygen atoms in total. The summed E-state index contributed by atoms with van der Waals surface area (Å²) in [5.74, 6) is -1.52. The number of aryl methyl sites for hydroxylation is 3. The number of benzene rings is 1. The second-order valence-electron chi connectivity index (χ2n) is 4.40. The molecule has 0 aliphatic heterocycles. The number of hydrogen-bond acceptors (Lipinski definition) is 3. The minimum Gasteiger partial charge on any atom is -0.279 e. The van der Waals surface area contributed by atoms with Crippen molar-refractivity contribution in [3.8, 4) is 0 Å². The van der Waals surface area contributed by atoms with Crippen LogP contribution in [0.15, 0.2) is 23.1 Å². The largest absolute Gasteiger partial charge is 0.279 e. The third-order valence-electron chi connectivity index (χ3n) is 2.79. The summed E-state index contributed by atoms with van der Waals surface area (Å²) in [4.78, 5) is -0.541. The van der Waals surface area contributed by atoms with Crippen molar-refractivity contribution in [2.75, 3.05) is 4.72 Å². The Labute approximate surface area is 115 Å². The summed E-state index contributed by atoms with van der Waals surface area (Å²) in [5.41, 5.74) is 0.442. The number of halogens is 2. The van der Waals surface area contributed by atoms with Gasteiger partial charge in [-0.3, -0.25) is 4.72 Å². The molecule has 2 aromatic rings. The van der Waals surface area contributed by atoms with Gasteiger partial charge in [0.15, 0.2) is 4.90 Å². The molecular formula is C12H13F2N3O2S. The minimum absolute atomic E-state index is 0.0238. The molecule has 20 heavy (non-hydrogen) atoms. The topological polar surface area (TPSA) is 64.0 Å². The van der Waals surface area contributed by atoms with Crippen molar-refractivity contribution in [1.29, 1.82) is 0 Å². The van der Waals surface area contributed by atoms with Crippen LogP contribution in [-0.2, 0) is 17.1 Å². The van der Waals surface area contributed by atoms with Gasteiger partial charge in [-0.25, -0.2) is 17.5 Å². The molecule has 1 aromatic heterocycles. The molecule has 0 aliphatic rings. The molecule has 0 aliphatic carbocycles. The lowest BCUT2D eigenvalue weighted by Crippen LogP contribution is -2.15. The van der Waals surface area contributed by atoms with Crippen LogP contribution in [-0.4, -0.2) is 18.2 Å². The normalized spacial score (nSPS) is 11.7. The smallest absolute Gasteiger partial charge is 0.268 e. The fourth-order valence-corrected chi connectivity index (χ4v) is 3.10. The first-order valence-corrected chi connectivity index (χ1v) is 7.19. The highest BCUT2D eigenvalue weighted by molar-refractivity contribution is 7.92. The van der Waals surface area contributed by atoms with Crippen LogP contribution >= 0.6 is 0 Å². The minimum atomic E-state index is -4.16. The van der Waals surface area contributed by atoms with E-state index in [4.69, 9.17) is 0 Å². The monoisotopic (exact) mass is 301 g/mol. The molecule has 1 heterocycles. The van der Waals surface area contributed by atoms with E-state index in [0.29, 0.717) is 5.56 Å². The summed E-state index contributed by atoms with van der Waals surface area (Å²) in [5, 5.41) is 3.70. The molecule has 1 aromatic carbocycles. The first kappa shape index (κ1) is 14.4. The Balaban J connectivity index is 2.43. The van der Waals surface area contributed by atoms with Crippen LogP contribution < -0.4 is 4.72 Å². The first-order valence-electron chi connectivity index (χ1n) is 5.70.